The van der Waals surface area contributed by atoms with Crippen LogP contribution in [0, 0.1) is 0 Å². The highest BCUT2D eigenvalue weighted by molar-refractivity contribution is 7.87. The Morgan fingerprint density at radius 2 is 2.23 bits per heavy atom. The zero-order valence-corrected chi connectivity index (χ0v) is 8.65. The lowest BCUT2D eigenvalue weighted by molar-refractivity contribution is 0.381. The van der Waals surface area contributed by atoms with Crippen molar-refractivity contribution in [2.75, 3.05) is 13.1 Å². The van der Waals surface area contributed by atoms with Gasteiger partial charge in [-0.1, -0.05) is 6.92 Å². The van der Waals surface area contributed by atoms with Crippen molar-refractivity contribution in [1.29, 1.82) is 0 Å². The van der Waals surface area contributed by atoms with Crippen LogP contribution in [-0.2, 0) is 10.2 Å². The van der Waals surface area contributed by atoms with E-state index in [0.717, 1.165) is 25.8 Å². The zero-order chi connectivity index (χ0) is 9.73. The summed E-state index contributed by atoms with van der Waals surface area (Å²) >= 11 is 0. The summed E-state index contributed by atoms with van der Waals surface area (Å²) in [6.45, 7) is 3.06. The van der Waals surface area contributed by atoms with Gasteiger partial charge in [-0.25, -0.2) is 4.72 Å². The Balaban J connectivity index is 2.37. The number of hydrogen-bond acceptors (Lipinski definition) is 3. The SMILES string of the molecule is CCNS(=O)(=O)NC1CCCCN1. The number of nitrogens with one attached hydrogen (secondary N) is 3. The largest absolute Gasteiger partial charge is 0.301 e. The minimum Gasteiger partial charge on any atom is -0.301 e. The molecule has 0 aromatic heterocycles. The fraction of sp³-hybridized carbons (Fsp3) is 1.00. The normalized spacial score (nSPS) is 24.5. The second-order valence-electron chi connectivity index (χ2n) is 3.12. The Morgan fingerprint density at radius 1 is 1.46 bits per heavy atom. The van der Waals surface area contributed by atoms with E-state index in [0.29, 0.717) is 6.54 Å². The lowest BCUT2D eigenvalue weighted by Gasteiger charge is -2.24. The van der Waals surface area contributed by atoms with Crippen LogP contribution in [0.15, 0.2) is 0 Å². The topological polar surface area (TPSA) is 70.2 Å². The van der Waals surface area contributed by atoms with Crippen LogP contribution in [0.2, 0.25) is 0 Å². The molecule has 1 atom stereocenters. The quantitative estimate of drug-likeness (QED) is 0.583. The van der Waals surface area contributed by atoms with Gasteiger partial charge in [0.1, 0.15) is 0 Å². The van der Waals surface area contributed by atoms with E-state index in [2.05, 4.69) is 14.8 Å². The minimum atomic E-state index is -3.29. The van der Waals surface area contributed by atoms with Crippen molar-refractivity contribution in [3.63, 3.8) is 0 Å². The van der Waals surface area contributed by atoms with Gasteiger partial charge in [0.25, 0.3) is 10.2 Å². The van der Waals surface area contributed by atoms with Crippen molar-refractivity contribution in [3.05, 3.63) is 0 Å². The molecule has 1 aliphatic rings. The van der Waals surface area contributed by atoms with Crippen molar-refractivity contribution in [2.45, 2.75) is 32.4 Å². The molecule has 1 rings (SSSR count). The summed E-state index contributed by atoms with van der Waals surface area (Å²) in [6.07, 6.45) is 2.97. The van der Waals surface area contributed by atoms with Crippen LogP contribution in [0.25, 0.3) is 0 Å². The monoisotopic (exact) mass is 207 g/mol. The molecular weight excluding hydrogens is 190 g/mol. The number of hydrogen-bond donors (Lipinski definition) is 3. The van der Waals surface area contributed by atoms with Crippen molar-refractivity contribution in [2.24, 2.45) is 0 Å². The van der Waals surface area contributed by atoms with E-state index in [9.17, 15) is 8.42 Å². The highest BCUT2D eigenvalue weighted by atomic mass is 32.2. The highest BCUT2D eigenvalue weighted by Gasteiger charge is 2.17. The van der Waals surface area contributed by atoms with Gasteiger partial charge in [0.15, 0.2) is 0 Å². The van der Waals surface area contributed by atoms with Gasteiger partial charge in [-0.15, -0.1) is 0 Å². The molecule has 5 nitrogen and oxygen atoms in total. The maximum Gasteiger partial charge on any atom is 0.278 e. The van der Waals surface area contributed by atoms with E-state index < -0.39 is 10.2 Å². The predicted molar refractivity (Wildman–Crippen MR) is 51.4 cm³/mol. The third-order valence-corrected chi connectivity index (χ3v) is 3.21. The molecule has 13 heavy (non-hydrogen) atoms. The maximum atomic E-state index is 11.2. The number of piperidine rings is 1. The molecular formula is C7H17N3O2S. The Kier molecular flexibility index (Phi) is 4.11. The van der Waals surface area contributed by atoms with Gasteiger partial charge in [-0.05, 0) is 25.8 Å². The summed E-state index contributed by atoms with van der Waals surface area (Å²) in [7, 11) is -3.29. The molecule has 0 bridgehead atoms. The standard InChI is InChI=1S/C7H17N3O2S/c1-2-9-13(11,12)10-7-5-3-4-6-8-7/h7-10H,2-6H2,1H3. The summed E-state index contributed by atoms with van der Waals surface area (Å²) in [6, 6.07) is 0. The smallest absolute Gasteiger partial charge is 0.278 e. The molecule has 78 valence electrons. The van der Waals surface area contributed by atoms with Crippen molar-refractivity contribution in [1.82, 2.24) is 14.8 Å². The molecule has 1 aliphatic heterocycles. The van der Waals surface area contributed by atoms with Gasteiger partial charge in [0, 0.05) is 6.54 Å². The summed E-state index contributed by atoms with van der Waals surface area (Å²) in [5.41, 5.74) is 0. The van der Waals surface area contributed by atoms with Crippen LogP contribution in [0.4, 0.5) is 0 Å². The molecule has 6 heteroatoms. The van der Waals surface area contributed by atoms with Crippen molar-refractivity contribution < 1.29 is 8.42 Å². The van der Waals surface area contributed by atoms with Gasteiger partial charge in [-0.2, -0.15) is 13.1 Å². The van der Waals surface area contributed by atoms with Crippen LogP contribution in [0.5, 0.6) is 0 Å². The van der Waals surface area contributed by atoms with Gasteiger partial charge < -0.3 is 5.32 Å². The Morgan fingerprint density at radius 3 is 2.77 bits per heavy atom. The molecule has 0 aromatic rings. The molecule has 0 radical (unpaired) electrons. The zero-order valence-electron chi connectivity index (χ0n) is 7.84. The van der Waals surface area contributed by atoms with Crippen LogP contribution >= 0.6 is 0 Å². The minimum absolute atomic E-state index is 0.0993. The third-order valence-electron chi connectivity index (χ3n) is 1.94. The molecule has 0 aromatic carbocycles. The first-order valence-electron chi connectivity index (χ1n) is 4.64. The summed E-state index contributed by atoms with van der Waals surface area (Å²) in [4.78, 5) is 0. The van der Waals surface area contributed by atoms with Crippen LogP contribution < -0.4 is 14.8 Å². The molecule has 1 heterocycles. The second-order valence-corrected chi connectivity index (χ2v) is 4.65. The first-order chi connectivity index (χ1) is 6.14. The Hall–Kier alpha value is -0.170. The van der Waals surface area contributed by atoms with Crippen LogP contribution in [0.3, 0.4) is 0 Å². The maximum absolute atomic E-state index is 11.2. The van der Waals surface area contributed by atoms with Gasteiger partial charge >= 0.3 is 0 Å². The Labute approximate surface area is 79.5 Å². The molecule has 3 N–H and O–H groups in total. The van der Waals surface area contributed by atoms with E-state index in [1.165, 1.54) is 0 Å². The summed E-state index contributed by atoms with van der Waals surface area (Å²) in [5, 5.41) is 3.10. The molecule has 1 unspecified atom stereocenters. The first-order valence-corrected chi connectivity index (χ1v) is 6.12. The summed E-state index contributed by atoms with van der Waals surface area (Å²) in [5.74, 6) is 0. The average Bonchev–Trinajstić information content (AvgIpc) is 2.04. The van der Waals surface area contributed by atoms with E-state index >= 15 is 0 Å². The first kappa shape index (κ1) is 10.9. The van der Waals surface area contributed by atoms with Crippen LogP contribution in [-0.4, -0.2) is 27.7 Å². The van der Waals surface area contributed by atoms with E-state index in [1.54, 1.807) is 6.92 Å². The molecule has 1 saturated heterocycles. The highest BCUT2D eigenvalue weighted by Crippen LogP contribution is 2.04. The van der Waals surface area contributed by atoms with Gasteiger partial charge in [0.05, 0.1) is 6.17 Å². The molecule has 1 fully saturated rings. The molecule has 0 amide bonds. The average molecular weight is 207 g/mol. The van der Waals surface area contributed by atoms with Gasteiger partial charge in [0.2, 0.25) is 0 Å². The van der Waals surface area contributed by atoms with Gasteiger partial charge in [-0.3, -0.25) is 0 Å². The fourth-order valence-corrected chi connectivity index (χ4v) is 2.41. The van der Waals surface area contributed by atoms with Crippen molar-refractivity contribution in [3.8, 4) is 0 Å². The molecule has 0 saturated carbocycles. The Bertz CT molecular complexity index is 234. The predicted octanol–water partition coefficient (Wildman–Crippen LogP) is -0.470. The lowest BCUT2D eigenvalue weighted by Crippen LogP contribution is -2.51. The molecule has 0 spiro atoms. The summed E-state index contributed by atoms with van der Waals surface area (Å²) < 4.78 is 27.4. The van der Waals surface area contributed by atoms with E-state index in [-0.39, 0.29) is 6.17 Å². The van der Waals surface area contributed by atoms with Crippen molar-refractivity contribution >= 4 is 10.2 Å². The molecule has 0 aliphatic carbocycles. The van der Waals surface area contributed by atoms with E-state index in [1.807, 2.05) is 0 Å². The van der Waals surface area contributed by atoms with E-state index in [4.69, 9.17) is 0 Å². The van der Waals surface area contributed by atoms with Crippen LogP contribution in [0.1, 0.15) is 26.2 Å². The lowest BCUT2D eigenvalue weighted by atomic mass is 10.1. The fourth-order valence-electron chi connectivity index (χ4n) is 1.37. The third kappa shape index (κ3) is 4.04. The second kappa shape index (κ2) is 4.90. The number of rotatable bonds is 4.